The Morgan fingerprint density at radius 2 is 2.21 bits per heavy atom. The summed E-state index contributed by atoms with van der Waals surface area (Å²) in [5.41, 5.74) is 4.06. The molecule has 4 rings (SSSR count). The topological polar surface area (TPSA) is 62.1 Å². The van der Waals surface area contributed by atoms with Crippen LogP contribution in [0.15, 0.2) is 34.9 Å². The van der Waals surface area contributed by atoms with E-state index in [-0.39, 0.29) is 11.3 Å². The zero-order valence-corrected chi connectivity index (χ0v) is 14.2. The number of amides is 1. The summed E-state index contributed by atoms with van der Waals surface area (Å²) >= 11 is 0. The number of rotatable bonds is 1. The van der Waals surface area contributed by atoms with Gasteiger partial charge in [-0.1, -0.05) is 26.0 Å². The first-order valence-electron chi connectivity index (χ1n) is 8.22. The average Bonchev–Trinajstić information content (AvgIpc) is 3.10. The SMILES string of the molecule is Cc1cccc2oc(C(=O)N3Cc4cn[nH]c4CC(C)(C)C3)cc12. The first kappa shape index (κ1) is 15.0. The minimum absolute atomic E-state index is 0.0185. The maximum atomic E-state index is 13.1. The summed E-state index contributed by atoms with van der Waals surface area (Å²) in [5.74, 6) is 0.342. The molecular formula is C19H21N3O2. The highest BCUT2D eigenvalue weighted by molar-refractivity contribution is 5.96. The van der Waals surface area contributed by atoms with Gasteiger partial charge in [0.05, 0.1) is 6.20 Å². The van der Waals surface area contributed by atoms with Crippen molar-refractivity contribution in [2.45, 2.75) is 33.7 Å². The van der Waals surface area contributed by atoms with Gasteiger partial charge in [-0.25, -0.2) is 0 Å². The number of aryl methyl sites for hydroxylation is 1. The summed E-state index contributed by atoms with van der Waals surface area (Å²) in [6.07, 6.45) is 2.70. The molecule has 2 aromatic heterocycles. The van der Waals surface area contributed by atoms with Crippen LogP contribution < -0.4 is 0 Å². The highest BCUT2D eigenvalue weighted by Crippen LogP contribution is 2.31. The Hall–Kier alpha value is -2.56. The number of furan rings is 1. The van der Waals surface area contributed by atoms with Crippen LogP contribution in [0, 0.1) is 12.3 Å². The minimum Gasteiger partial charge on any atom is -0.451 e. The molecule has 1 aliphatic heterocycles. The Morgan fingerprint density at radius 3 is 3.00 bits per heavy atom. The molecule has 124 valence electrons. The van der Waals surface area contributed by atoms with Crippen molar-refractivity contribution in [3.63, 3.8) is 0 Å². The zero-order valence-electron chi connectivity index (χ0n) is 14.2. The number of fused-ring (bicyclic) bond motifs is 2. The third-order valence-electron chi connectivity index (χ3n) is 4.72. The molecular weight excluding hydrogens is 302 g/mol. The predicted octanol–water partition coefficient (Wildman–Crippen LogP) is 3.69. The molecule has 0 atom stereocenters. The van der Waals surface area contributed by atoms with Gasteiger partial charge in [-0.15, -0.1) is 0 Å². The Bertz CT molecular complexity index is 920. The molecule has 0 bridgehead atoms. The van der Waals surface area contributed by atoms with Gasteiger partial charge >= 0.3 is 0 Å². The number of nitrogens with one attached hydrogen (secondary N) is 1. The van der Waals surface area contributed by atoms with Crippen LogP contribution in [0.25, 0.3) is 11.0 Å². The van der Waals surface area contributed by atoms with Gasteiger partial charge in [0.2, 0.25) is 0 Å². The number of carbonyl (C=O) groups excluding carboxylic acids is 1. The van der Waals surface area contributed by atoms with Crippen LogP contribution in [0.5, 0.6) is 0 Å². The normalized spacial score (nSPS) is 16.9. The number of benzene rings is 1. The summed E-state index contributed by atoms with van der Waals surface area (Å²) in [6, 6.07) is 7.74. The van der Waals surface area contributed by atoms with E-state index in [2.05, 4.69) is 24.0 Å². The lowest BCUT2D eigenvalue weighted by atomic mass is 9.88. The molecule has 1 aromatic carbocycles. The molecule has 1 N–H and O–H groups in total. The van der Waals surface area contributed by atoms with Gasteiger partial charge in [-0.3, -0.25) is 9.89 Å². The van der Waals surface area contributed by atoms with E-state index in [0.717, 1.165) is 34.2 Å². The molecule has 24 heavy (non-hydrogen) atoms. The van der Waals surface area contributed by atoms with Crippen molar-refractivity contribution < 1.29 is 9.21 Å². The van der Waals surface area contributed by atoms with E-state index in [0.29, 0.717) is 18.8 Å². The van der Waals surface area contributed by atoms with Crippen LogP contribution in [-0.2, 0) is 13.0 Å². The predicted molar refractivity (Wildman–Crippen MR) is 91.8 cm³/mol. The van der Waals surface area contributed by atoms with Gasteiger partial charge in [0.25, 0.3) is 5.91 Å². The second kappa shape index (κ2) is 5.23. The van der Waals surface area contributed by atoms with Crippen molar-refractivity contribution in [1.29, 1.82) is 0 Å². The maximum absolute atomic E-state index is 13.1. The van der Waals surface area contributed by atoms with Gasteiger partial charge in [0, 0.05) is 29.7 Å². The fourth-order valence-electron chi connectivity index (χ4n) is 3.55. The Morgan fingerprint density at radius 1 is 1.38 bits per heavy atom. The van der Waals surface area contributed by atoms with Crippen LogP contribution in [-0.4, -0.2) is 27.5 Å². The quantitative estimate of drug-likeness (QED) is 0.743. The molecule has 0 fully saturated rings. The third-order valence-corrected chi connectivity index (χ3v) is 4.72. The van der Waals surface area contributed by atoms with Crippen molar-refractivity contribution in [3.8, 4) is 0 Å². The van der Waals surface area contributed by atoms with Crippen LogP contribution >= 0.6 is 0 Å². The Labute approximate surface area is 140 Å². The van der Waals surface area contributed by atoms with Gasteiger partial charge in [-0.05, 0) is 36.5 Å². The van der Waals surface area contributed by atoms with Crippen molar-refractivity contribution in [2.75, 3.05) is 6.54 Å². The molecule has 0 spiro atoms. The van der Waals surface area contributed by atoms with Crippen LogP contribution in [0.4, 0.5) is 0 Å². The summed E-state index contributed by atoms with van der Waals surface area (Å²) in [6.45, 7) is 7.62. The summed E-state index contributed by atoms with van der Waals surface area (Å²) in [4.78, 5) is 14.9. The van der Waals surface area contributed by atoms with Gasteiger partial charge in [0.15, 0.2) is 5.76 Å². The number of carbonyl (C=O) groups is 1. The lowest BCUT2D eigenvalue weighted by Crippen LogP contribution is -2.37. The average molecular weight is 323 g/mol. The fraction of sp³-hybridized carbons (Fsp3) is 0.368. The monoisotopic (exact) mass is 323 g/mol. The molecule has 1 aliphatic rings. The van der Waals surface area contributed by atoms with E-state index in [1.807, 2.05) is 42.3 Å². The number of hydrogen-bond acceptors (Lipinski definition) is 3. The molecule has 5 heteroatoms. The Balaban J connectivity index is 1.71. The molecule has 0 saturated heterocycles. The van der Waals surface area contributed by atoms with E-state index >= 15 is 0 Å². The molecule has 0 unspecified atom stereocenters. The Kier molecular flexibility index (Phi) is 3.27. The first-order valence-corrected chi connectivity index (χ1v) is 8.22. The number of aromatic amines is 1. The van der Waals surface area contributed by atoms with Gasteiger partial charge in [0.1, 0.15) is 5.58 Å². The molecule has 0 radical (unpaired) electrons. The lowest BCUT2D eigenvalue weighted by molar-refractivity contribution is 0.0651. The smallest absolute Gasteiger partial charge is 0.289 e. The largest absolute Gasteiger partial charge is 0.451 e. The highest BCUT2D eigenvalue weighted by atomic mass is 16.3. The number of hydrogen-bond donors (Lipinski definition) is 1. The summed E-state index contributed by atoms with van der Waals surface area (Å²) in [7, 11) is 0. The summed E-state index contributed by atoms with van der Waals surface area (Å²) in [5, 5.41) is 8.21. The van der Waals surface area contributed by atoms with E-state index < -0.39 is 0 Å². The first-order chi connectivity index (χ1) is 11.4. The second-order valence-corrected chi connectivity index (χ2v) is 7.47. The van der Waals surface area contributed by atoms with E-state index in [9.17, 15) is 4.79 Å². The standard InChI is InChI=1S/C19H21N3O2/c1-12-5-4-6-16-14(12)7-17(24-16)18(23)22-10-13-9-20-21-15(13)8-19(2,3)11-22/h4-7,9H,8,10-11H2,1-3H3,(H,20,21). The van der Waals surface area contributed by atoms with Crippen molar-refractivity contribution >= 4 is 16.9 Å². The highest BCUT2D eigenvalue weighted by Gasteiger charge is 2.32. The molecule has 0 saturated carbocycles. The molecule has 5 nitrogen and oxygen atoms in total. The lowest BCUT2D eigenvalue weighted by Gasteiger charge is -2.29. The van der Waals surface area contributed by atoms with E-state index in [4.69, 9.17) is 4.42 Å². The summed E-state index contributed by atoms with van der Waals surface area (Å²) < 4.78 is 5.83. The van der Waals surface area contributed by atoms with Crippen LogP contribution in [0.1, 0.15) is 41.2 Å². The van der Waals surface area contributed by atoms with Gasteiger partial charge < -0.3 is 9.32 Å². The molecule has 0 aliphatic carbocycles. The number of aromatic nitrogens is 2. The van der Waals surface area contributed by atoms with Crippen molar-refractivity contribution in [2.24, 2.45) is 5.41 Å². The maximum Gasteiger partial charge on any atom is 0.289 e. The van der Waals surface area contributed by atoms with E-state index in [1.165, 1.54) is 0 Å². The van der Waals surface area contributed by atoms with Crippen LogP contribution in [0.3, 0.4) is 0 Å². The van der Waals surface area contributed by atoms with Crippen molar-refractivity contribution in [1.82, 2.24) is 15.1 Å². The number of nitrogens with zero attached hydrogens (tertiary/aromatic N) is 2. The second-order valence-electron chi connectivity index (χ2n) is 7.47. The third kappa shape index (κ3) is 2.50. The molecule has 3 heterocycles. The van der Waals surface area contributed by atoms with E-state index in [1.54, 1.807) is 0 Å². The molecule has 3 aromatic rings. The zero-order chi connectivity index (χ0) is 16.9. The molecule has 1 amide bonds. The van der Waals surface area contributed by atoms with Gasteiger partial charge in [-0.2, -0.15) is 5.10 Å². The van der Waals surface area contributed by atoms with Crippen LogP contribution in [0.2, 0.25) is 0 Å². The van der Waals surface area contributed by atoms with Crippen molar-refractivity contribution in [3.05, 3.63) is 53.0 Å². The minimum atomic E-state index is -0.0623. The fourth-order valence-corrected chi connectivity index (χ4v) is 3.55. The number of H-pyrrole nitrogens is 1.